The molecule has 3 aromatic rings. The van der Waals surface area contributed by atoms with Crippen LogP contribution in [-0.4, -0.2) is 95.3 Å². The number of thioether (sulfide) groups is 1. The standard InChI is InChI=1S/C37H45FN6O3S/c1-25-40-34(24-48-25)36(46)42-31-13-11-30(12-14-31)41-35(45)33-22-29(38)23-39-37(33)47-32-6-3-5-28(21-32)27-9-7-26(8-10-27)15-18-44-17-4-16-43(2)19-20-44/h3,5-10,21-23,30-31,34H,4,11-20,24H2,1-2H3,(H,41,45)(H,42,46). The third kappa shape index (κ3) is 9.21. The van der Waals surface area contributed by atoms with Crippen LogP contribution in [0.2, 0.25) is 0 Å². The molecular formula is C37H45FN6O3S. The van der Waals surface area contributed by atoms with E-state index in [-0.39, 0.29) is 35.5 Å². The molecule has 1 saturated heterocycles. The van der Waals surface area contributed by atoms with Crippen LogP contribution in [0, 0.1) is 5.82 Å². The molecule has 0 radical (unpaired) electrons. The van der Waals surface area contributed by atoms with E-state index in [0.29, 0.717) is 24.3 Å². The monoisotopic (exact) mass is 672 g/mol. The molecule has 254 valence electrons. The van der Waals surface area contributed by atoms with Gasteiger partial charge in [0, 0.05) is 37.5 Å². The zero-order chi connectivity index (χ0) is 33.5. The molecule has 1 atom stereocenters. The molecule has 11 heteroatoms. The average Bonchev–Trinajstić information content (AvgIpc) is 3.43. The van der Waals surface area contributed by atoms with E-state index in [2.05, 4.69) is 61.7 Å². The Hall–Kier alpha value is -3.80. The average molecular weight is 673 g/mol. The Morgan fingerprint density at radius 1 is 0.958 bits per heavy atom. The van der Waals surface area contributed by atoms with Gasteiger partial charge in [0.25, 0.3) is 5.91 Å². The third-order valence-electron chi connectivity index (χ3n) is 9.43. The molecule has 0 spiro atoms. The first-order valence-electron chi connectivity index (χ1n) is 17.0. The van der Waals surface area contributed by atoms with Crippen molar-refractivity contribution in [3.05, 3.63) is 77.7 Å². The van der Waals surface area contributed by atoms with E-state index in [0.717, 1.165) is 73.9 Å². The Bertz CT molecular complexity index is 1610. The maximum Gasteiger partial charge on any atom is 0.257 e. The Balaban J connectivity index is 1.03. The van der Waals surface area contributed by atoms with E-state index in [1.54, 1.807) is 17.8 Å². The number of rotatable bonds is 10. The molecule has 2 N–H and O–H groups in total. The summed E-state index contributed by atoms with van der Waals surface area (Å²) in [5, 5.41) is 7.09. The summed E-state index contributed by atoms with van der Waals surface area (Å²) in [7, 11) is 2.19. The number of amides is 2. The maximum absolute atomic E-state index is 14.3. The minimum absolute atomic E-state index is 0.0347. The summed E-state index contributed by atoms with van der Waals surface area (Å²) in [4.78, 5) is 39.4. The molecule has 1 aliphatic carbocycles. The summed E-state index contributed by atoms with van der Waals surface area (Å²) in [5.74, 6) is 0.159. The van der Waals surface area contributed by atoms with Crippen molar-refractivity contribution in [3.63, 3.8) is 0 Å². The predicted molar refractivity (Wildman–Crippen MR) is 189 cm³/mol. The first-order chi connectivity index (χ1) is 23.3. The second-order valence-electron chi connectivity index (χ2n) is 13.1. The Morgan fingerprint density at radius 3 is 2.48 bits per heavy atom. The molecule has 6 rings (SSSR count). The van der Waals surface area contributed by atoms with Crippen molar-refractivity contribution in [2.24, 2.45) is 4.99 Å². The fourth-order valence-electron chi connectivity index (χ4n) is 6.57. The van der Waals surface area contributed by atoms with E-state index in [1.165, 1.54) is 18.5 Å². The summed E-state index contributed by atoms with van der Waals surface area (Å²) in [6, 6.07) is 17.0. The van der Waals surface area contributed by atoms with Gasteiger partial charge in [-0.1, -0.05) is 36.4 Å². The van der Waals surface area contributed by atoms with Gasteiger partial charge in [-0.05, 0) is 100 Å². The van der Waals surface area contributed by atoms with Gasteiger partial charge < -0.3 is 25.2 Å². The van der Waals surface area contributed by atoms with Gasteiger partial charge >= 0.3 is 0 Å². The predicted octanol–water partition coefficient (Wildman–Crippen LogP) is 5.55. The molecule has 2 aromatic carbocycles. The zero-order valence-electron chi connectivity index (χ0n) is 27.8. The van der Waals surface area contributed by atoms with Crippen LogP contribution in [0.15, 0.2) is 65.8 Å². The van der Waals surface area contributed by atoms with Crippen LogP contribution < -0.4 is 15.4 Å². The summed E-state index contributed by atoms with van der Waals surface area (Å²) < 4.78 is 20.4. The Labute approximate surface area is 286 Å². The fraction of sp³-hybridized carbons (Fsp3) is 0.459. The second-order valence-corrected chi connectivity index (χ2v) is 14.3. The van der Waals surface area contributed by atoms with Gasteiger partial charge in [0.1, 0.15) is 23.2 Å². The number of aromatic nitrogens is 1. The number of likely N-dealkylation sites (N-methyl/N-ethyl adjacent to an activating group) is 1. The number of hydrogen-bond acceptors (Lipinski definition) is 8. The molecule has 1 aromatic heterocycles. The summed E-state index contributed by atoms with van der Waals surface area (Å²) in [6.07, 6.45) is 6.18. The largest absolute Gasteiger partial charge is 0.438 e. The summed E-state index contributed by atoms with van der Waals surface area (Å²) in [6.45, 7) is 7.54. The highest BCUT2D eigenvalue weighted by molar-refractivity contribution is 8.14. The summed E-state index contributed by atoms with van der Waals surface area (Å²) in [5.41, 5.74) is 3.38. The molecule has 1 unspecified atom stereocenters. The first kappa shape index (κ1) is 34.1. The van der Waals surface area contributed by atoms with E-state index in [9.17, 15) is 14.0 Å². The SMILES string of the molecule is CC1=NC(C(=O)NC2CCC(NC(=O)c3cc(F)cnc3Oc3cccc(-c4ccc(CCN5CCCN(C)CC5)cc4)c3)CC2)CS1. The number of nitrogens with zero attached hydrogens (tertiary/aromatic N) is 4. The van der Waals surface area contributed by atoms with Gasteiger partial charge in [-0.15, -0.1) is 11.8 Å². The molecule has 2 fully saturated rings. The topological polar surface area (TPSA) is 99.2 Å². The van der Waals surface area contributed by atoms with E-state index in [1.807, 2.05) is 25.1 Å². The molecule has 48 heavy (non-hydrogen) atoms. The number of ether oxygens (including phenoxy) is 1. The van der Waals surface area contributed by atoms with E-state index < -0.39 is 11.7 Å². The lowest BCUT2D eigenvalue weighted by molar-refractivity contribution is -0.122. The van der Waals surface area contributed by atoms with Crippen molar-refractivity contribution in [1.29, 1.82) is 0 Å². The highest BCUT2D eigenvalue weighted by Crippen LogP contribution is 2.29. The van der Waals surface area contributed by atoms with Crippen molar-refractivity contribution in [2.45, 2.75) is 63.6 Å². The number of halogens is 1. The fourth-order valence-corrected chi connectivity index (χ4v) is 7.39. The van der Waals surface area contributed by atoms with Crippen LogP contribution >= 0.6 is 11.8 Å². The minimum Gasteiger partial charge on any atom is -0.438 e. The van der Waals surface area contributed by atoms with Gasteiger partial charge in [-0.2, -0.15) is 0 Å². The van der Waals surface area contributed by atoms with E-state index in [4.69, 9.17) is 4.74 Å². The maximum atomic E-state index is 14.3. The number of carbonyl (C=O) groups excluding carboxylic acids is 2. The summed E-state index contributed by atoms with van der Waals surface area (Å²) >= 11 is 1.61. The van der Waals surface area contributed by atoms with Gasteiger partial charge in [-0.25, -0.2) is 9.37 Å². The van der Waals surface area contributed by atoms with Crippen molar-refractivity contribution in [2.75, 3.05) is 45.5 Å². The molecular weight excluding hydrogens is 628 g/mol. The van der Waals surface area contributed by atoms with E-state index >= 15 is 0 Å². The highest BCUT2D eigenvalue weighted by atomic mass is 32.2. The highest BCUT2D eigenvalue weighted by Gasteiger charge is 2.29. The normalized spacial score (nSPS) is 22.1. The van der Waals surface area contributed by atoms with Crippen molar-refractivity contribution < 1.29 is 18.7 Å². The van der Waals surface area contributed by atoms with Crippen LogP contribution in [0.4, 0.5) is 4.39 Å². The quantitative estimate of drug-likeness (QED) is 0.292. The molecule has 3 aliphatic rings. The molecule has 2 amide bonds. The van der Waals surface area contributed by atoms with Crippen LogP contribution in [0.1, 0.15) is 54.9 Å². The number of pyridine rings is 1. The van der Waals surface area contributed by atoms with Gasteiger partial charge in [-0.3, -0.25) is 14.6 Å². The lowest BCUT2D eigenvalue weighted by Crippen LogP contribution is -2.46. The van der Waals surface area contributed by atoms with Gasteiger partial charge in [0.05, 0.1) is 11.2 Å². The number of hydrogen-bond donors (Lipinski definition) is 2. The molecule has 0 bridgehead atoms. The second kappa shape index (κ2) is 16.1. The number of carbonyl (C=O) groups is 2. The minimum atomic E-state index is -0.612. The van der Waals surface area contributed by atoms with Gasteiger partial charge in [0.15, 0.2) is 0 Å². The first-order valence-corrected chi connectivity index (χ1v) is 18.0. The van der Waals surface area contributed by atoms with Crippen molar-refractivity contribution in [1.82, 2.24) is 25.4 Å². The van der Waals surface area contributed by atoms with Crippen LogP contribution in [0.5, 0.6) is 11.6 Å². The van der Waals surface area contributed by atoms with Crippen LogP contribution in [0.25, 0.3) is 11.1 Å². The van der Waals surface area contributed by atoms with Crippen molar-refractivity contribution >= 4 is 28.6 Å². The Morgan fingerprint density at radius 2 is 1.73 bits per heavy atom. The van der Waals surface area contributed by atoms with Crippen molar-refractivity contribution in [3.8, 4) is 22.8 Å². The lowest BCUT2D eigenvalue weighted by atomic mass is 9.90. The van der Waals surface area contributed by atoms with Crippen LogP contribution in [0.3, 0.4) is 0 Å². The van der Waals surface area contributed by atoms with Gasteiger partial charge in [0.2, 0.25) is 11.8 Å². The number of benzene rings is 2. The number of nitrogens with one attached hydrogen (secondary N) is 2. The molecule has 1 saturated carbocycles. The smallest absolute Gasteiger partial charge is 0.257 e. The molecule has 9 nitrogen and oxygen atoms in total. The number of aliphatic imine (C=N–C) groups is 1. The molecule has 2 aliphatic heterocycles. The lowest BCUT2D eigenvalue weighted by Gasteiger charge is -2.30. The zero-order valence-corrected chi connectivity index (χ0v) is 28.6. The third-order valence-corrected chi connectivity index (χ3v) is 10.4. The molecule has 3 heterocycles. The van der Waals surface area contributed by atoms with Crippen LogP contribution in [-0.2, 0) is 11.2 Å². The Kier molecular flexibility index (Phi) is 11.4.